The highest BCUT2D eigenvalue weighted by Crippen LogP contribution is 2.12. The maximum atomic E-state index is 11.7. The SMILES string of the molecule is C=CCNC(=O)c1ccc(N(C)Cc2noc(C)n2)nc1. The fourth-order valence-electron chi connectivity index (χ4n) is 1.71. The molecule has 0 saturated heterocycles. The number of carbonyl (C=O) groups excluding carboxylic acids is 1. The Morgan fingerprint density at radius 2 is 2.33 bits per heavy atom. The van der Waals surface area contributed by atoms with Gasteiger partial charge in [-0.05, 0) is 12.1 Å². The third-order valence-corrected chi connectivity index (χ3v) is 2.76. The Bertz CT molecular complexity index is 621. The second kappa shape index (κ2) is 6.65. The summed E-state index contributed by atoms with van der Waals surface area (Å²) in [5.41, 5.74) is 0.504. The molecule has 0 aliphatic heterocycles. The topological polar surface area (TPSA) is 84.2 Å². The van der Waals surface area contributed by atoms with Gasteiger partial charge in [0, 0.05) is 26.7 Å². The van der Waals surface area contributed by atoms with Gasteiger partial charge >= 0.3 is 0 Å². The summed E-state index contributed by atoms with van der Waals surface area (Å²) < 4.78 is 4.92. The Morgan fingerprint density at radius 3 is 2.90 bits per heavy atom. The van der Waals surface area contributed by atoms with Crippen molar-refractivity contribution in [1.29, 1.82) is 0 Å². The van der Waals surface area contributed by atoms with Crippen molar-refractivity contribution in [2.24, 2.45) is 0 Å². The fourth-order valence-corrected chi connectivity index (χ4v) is 1.71. The molecule has 7 heteroatoms. The van der Waals surface area contributed by atoms with E-state index >= 15 is 0 Å². The van der Waals surface area contributed by atoms with Gasteiger partial charge in [-0.25, -0.2) is 4.98 Å². The lowest BCUT2D eigenvalue weighted by molar-refractivity contribution is 0.0957. The van der Waals surface area contributed by atoms with Crippen LogP contribution in [0, 0.1) is 6.92 Å². The van der Waals surface area contributed by atoms with Crippen molar-refractivity contribution in [2.75, 3.05) is 18.5 Å². The van der Waals surface area contributed by atoms with E-state index in [-0.39, 0.29) is 5.91 Å². The molecule has 7 nitrogen and oxygen atoms in total. The molecule has 0 aliphatic carbocycles. The highest BCUT2D eigenvalue weighted by molar-refractivity contribution is 5.94. The van der Waals surface area contributed by atoms with Gasteiger partial charge in [0.1, 0.15) is 5.82 Å². The zero-order valence-electron chi connectivity index (χ0n) is 12.0. The zero-order valence-corrected chi connectivity index (χ0v) is 12.0. The number of amides is 1. The normalized spacial score (nSPS) is 10.2. The van der Waals surface area contributed by atoms with Crippen LogP contribution >= 0.6 is 0 Å². The van der Waals surface area contributed by atoms with Crippen LogP contribution in [-0.4, -0.2) is 34.6 Å². The molecule has 2 aromatic heterocycles. The van der Waals surface area contributed by atoms with Crippen molar-refractivity contribution in [2.45, 2.75) is 13.5 Å². The minimum absolute atomic E-state index is 0.176. The Morgan fingerprint density at radius 1 is 1.52 bits per heavy atom. The molecule has 2 aromatic rings. The average molecular weight is 287 g/mol. The van der Waals surface area contributed by atoms with E-state index in [0.29, 0.717) is 30.4 Å². The van der Waals surface area contributed by atoms with Gasteiger partial charge in [0.25, 0.3) is 5.91 Å². The molecule has 0 atom stereocenters. The molecule has 0 radical (unpaired) electrons. The predicted octanol–water partition coefficient (Wildman–Crippen LogP) is 1.33. The molecule has 0 spiro atoms. The molecule has 0 unspecified atom stereocenters. The van der Waals surface area contributed by atoms with Crippen LogP contribution in [0.15, 0.2) is 35.5 Å². The second-order valence-electron chi connectivity index (χ2n) is 4.49. The van der Waals surface area contributed by atoms with E-state index in [1.165, 1.54) is 6.20 Å². The first-order valence-corrected chi connectivity index (χ1v) is 6.45. The summed E-state index contributed by atoms with van der Waals surface area (Å²) in [4.78, 5) is 22.0. The Kier molecular flexibility index (Phi) is 4.65. The molecular formula is C14H17N5O2. The van der Waals surface area contributed by atoms with Gasteiger partial charge in [-0.15, -0.1) is 6.58 Å². The van der Waals surface area contributed by atoms with Gasteiger partial charge < -0.3 is 14.7 Å². The quantitative estimate of drug-likeness (QED) is 0.807. The third-order valence-electron chi connectivity index (χ3n) is 2.76. The van der Waals surface area contributed by atoms with Crippen molar-refractivity contribution in [3.8, 4) is 0 Å². The van der Waals surface area contributed by atoms with Crippen LogP contribution in [0.4, 0.5) is 5.82 Å². The molecule has 1 N–H and O–H groups in total. The smallest absolute Gasteiger partial charge is 0.253 e. The number of carbonyl (C=O) groups is 1. The zero-order chi connectivity index (χ0) is 15.2. The van der Waals surface area contributed by atoms with Crippen LogP contribution < -0.4 is 10.2 Å². The van der Waals surface area contributed by atoms with Crippen LogP contribution in [0.1, 0.15) is 22.1 Å². The van der Waals surface area contributed by atoms with Crippen molar-refractivity contribution in [3.05, 3.63) is 48.3 Å². The molecule has 0 saturated carbocycles. The summed E-state index contributed by atoms with van der Waals surface area (Å²) in [7, 11) is 1.87. The third kappa shape index (κ3) is 3.88. The molecule has 2 heterocycles. The number of nitrogens with zero attached hydrogens (tertiary/aromatic N) is 4. The van der Waals surface area contributed by atoms with E-state index in [1.54, 1.807) is 25.1 Å². The number of aryl methyl sites for hydroxylation is 1. The number of nitrogens with one attached hydrogen (secondary N) is 1. The first-order valence-electron chi connectivity index (χ1n) is 6.45. The van der Waals surface area contributed by atoms with E-state index in [4.69, 9.17) is 4.52 Å². The first kappa shape index (κ1) is 14.7. The maximum Gasteiger partial charge on any atom is 0.253 e. The maximum absolute atomic E-state index is 11.7. The van der Waals surface area contributed by atoms with E-state index in [2.05, 4.69) is 27.0 Å². The summed E-state index contributed by atoms with van der Waals surface area (Å²) in [6.07, 6.45) is 3.16. The van der Waals surface area contributed by atoms with Crippen LogP contribution in [0.25, 0.3) is 0 Å². The molecule has 1 amide bonds. The molecule has 110 valence electrons. The molecule has 2 rings (SSSR count). The lowest BCUT2D eigenvalue weighted by Gasteiger charge is -2.15. The van der Waals surface area contributed by atoms with E-state index < -0.39 is 0 Å². The van der Waals surface area contributed by atoms with E-state index in [0.717, 1.165) is 5.82 Å². The lowest BCUT2D eigenvalue weighted by Crippen LogP contribution is -2.24. The highest BCUT2D eigenvalue weighted by atomic mass is 16.5. The molecular weight excluding hydrogens is 270 g/mol. The van der Waals surface area contributed by atoms with Gasteiger partial charge in [0.15, 0.2) is 5.82 Å². The first-order chi connectivity index (χ1) is 10.1. The predicted molar refractivity (Wildman–Crippen MR) is 77.9 cm³/mol. The average Bonchev–Trinajstić information content (AvgIpc) is 2.90. The molecule has 21 heavy (non-hydrogen) atoms. The summed E-state index contributed by atoms with van der Waals surface area (Å²) >= 11 is 0. The van der Waals surface area contributed by atoms with E-state index in [9.17, 15) is 4.79 Å². The van der Waals surface area contributed by atoms with Crippen molar-refractivity contribution < 1.29 is 9.32 Å². The Hall–Kier alpha value is -2.70. The largest absolute Gasteiger partial charge is 0.352 e. The number of rotatable bonds is 6. The minimum atomic E-state index is -0.176. The number of anilines is 1. The van der Waals surface area contributed by atoms with Crippen LogP contribution in [0.3, 0.4) is 0 Å². The van der Waals surface area contributed by atoms with Gasteiger partial charge in [-0.2, -0.15) is 4.98 Å². The summed E-state index contributed by atoms with van der Waals surface area (Å²) in [5, 5.41) is 6.53. The second-order valence-corrected chi connectivity index (χ2v) is 4.49. The van der Waals surface area contributed by atoms with E-state index in [1.807, 2.05) is 11.9 Å². The number of aromatic nitrogens is 3. The summed E-state index contributed by atoms with van der Waals surface area (Å²) in [6.45, 7) is 6.20. The molecule has 0 fully saturated rings. The van der Waals surface area contributed by atoms with Gasteiger partial charge in [0.05, 0.1) is 12.1 Å². The standard InChI is InChI=1S/C14H17N5O2/c1-4-7-15-14(20)11-5-6-13(16-8-11)19(3)9-12-17-10(2)21-18-12/h4-6,8H,1,7,9H2,2-3H3,(H,15,20). The minimum Gasteiger partial charge on any atom is -0.352 e. The van der Waals surface area contributed by atoms with Crippen molar-refractivity contribution in [1.82, 2.24) is 20.4 Å². The summed E-state index contributed by atoms with van der Waals surface area (Å²) in [5.74, 6) is 1.66. The number of hydrogen-bond acceptors (Lipinski definition) is 6. The summed E-state index contributed by atoms with van der Waals surface area (Å²) in [6, 6.07) is 3.49. The van der Waals surface area contributed by atoms with Crippen molar-refractivity contribution in [3.63, 3.8) is 0 Å². The van der Waals surface area contributed by atoms with Gasteiger partial charge in [-0.3, -0.25) is 4.79 Å². The molecule has 0 aromatic carbocycles. The number of hydrogen-bond donors (Lipinski definition) is 1. The van der Waals surface area contributed by atoms with Gasteiger partial charge in [-0.1, -0.05) is 11.2 Å². The Labute approximate surface area is 122 Å². The monoisotopic (exact) mass is 287 g/mol. The molecule has 0 aliphatic rings. The Balaban J connectivity index is 2.00. The van der Waals surface area contributed by atoms with Crippen molar-refractivity contribution >= 4 is 11.7 Å². The lowest BCUT2D eigenvalue weighted by atomic mass is 10.2. The van der Waals surface area contributed by atoms with Crippen LogP contribution in [0.2, 0.25) is 0 Å². The van der Waals surface area contributed by atoms with Crippen LogP contribution in [0.5, 0.6) is 0 Å². The van der Waals surface area contributed by atoms with Gasteiger partial charge in [0.2, 0.25) is 5.89 Å². The highest BCUT2D eigenvalue weighted by Gasteiger charge is 2.10. The van der Waals surface area contributed by atoms with Crippen LogP contribution in [-0.2, 0) is 6.54 Å². The fraction of sp³-hybridized carbons (Fsp3) is 0.286. The molecule has 0 bridgehead atoms. The number of pyridine rings is 1.